The van der Waals surface area contributed by atoms with E-state index in [1.54, 1.807) is 48.5 Å². The van der Waals surface area contributed by atoms with E-state index in [0.29, 0.717) is 11.3 Å². The number of carbonyl (C=O) groups is 1. The van der Waals surface area contributed by atoms with E-state index >= 15 is 0 Å². The highest BCUT2D eigenvalue weighted by Gasteiger charge is 2.19. The molecule has 0 saturated heterocycles. The lowest BCUT2D eigenvalue weighted by Gasteiger charge is -2.13. The second-order valence-electron chi connectivity index (χ2n) is 7.73. The van der Waals surface area contributed by atoms with E-state index in [-0.39, 0.29) is 16.1 Å². The molecule has 0 bridgehead atoms. The van der Waals surface area contributed by atoms with Gasteiger partial charge < -0.3 is 9.73 Å². The molecular weight excluding hydrogens is 436 g/mol. The molecule has 1 amide bonds. The van der Waals surface area contributed by atoms with E-state index in [0.717, 1.165) is 21.9 Å². The Morgan fingerprint density at radius 2 is 1.48 bits per heavy atom. The summed E-state index contributed by atoms with van der Waals surface area (Å²) in [6.07, 6.45) is 0. The van der Waals surface area contributed by atoms with Crippen molar-refractivity contribution in [3.63, 3.8) is 0 Å². The van der Waals surface area contributed by atoms with Crippen molar-refractivity contribution in [3.05, 3.63) is 102 Å². The minimum absolute atomic E-state index is 0.124. The summed E-state index contributed by atoms with van der Waals surface area (Å²) >= 11 is 0. The van der Waals surface area contributed by atoms with E-state index in [4.69, 9.17) is 4.42 Å². The number of nitrogens with one attached hydrogen (secondary N) is 2. The average Bonchev–Trinajstić information content (AvgIpc) is 3.17. The summed E-state index contributed by atoms with van der Waals surface area (Å²) in [5.41, 5.74) is 3.32. The van der Waals surface area contributed by atoms with Crippen molar-refractivity contribution < 1.29 is 17.6 Å². The first kappa shape index (κ1) is 20.8. The molecule has 6 nitrogen and oxygen atoms in total. The average molecular weight is 457 g/mol. The van der Waals surface area contributed by atoms with E-state index in [1.165, 1.54) is 12.1 Å². The van der Waals surface area contributed by atoms with Crippen molar-refractivity contribution in [1.82, 2.24) is 0 Å². The van der Waals surface area contributed by atoms with Crippen LogP contribution >= 0.6 is 0 Å². The molecule has 0 atom stereocenters. The number of rotatable bonds is 5. The number of hydrogen-bond acceptors (Lipinski definition) is 4. The third-order valence-corrected chi connectivity index (χ3v) is 6.77. The number of para-hydroxylation sites is 2. The molecule has 1 aromatic heterocycles. The van der Waals surface area contributed by atoms with Crippen LogP contribution in [0.2, 0.25) is 0 Å². The SMILES string of the molecule is Cc1ccc(S(=O)(=O)Nc2ccccc2C(=O)Nc2ccc3c(c2)oc2ccccc23)cc1. The molecule has 0 aliphatic rings. The Labute approximate surface area is 190 Å². The highest BCUT2D eigenvalue weighted by atomic mass is 32.2. The molecule has 0 aliphatic carbocycles. The van der Waals surface area contributed by atoms with Crippen LogP contribution in [0.5, 0.6) is 0 Å². The Balaban J connectivity index is 1.42. The van der Waals surface area contributed by atoms with Gasteiger partial charge >= 0.3 is 0 Å². The summed E-state index contributed by atoms with van der Waals surface area (Å²) in [5.74, 6) is -0.437. The molecule has 0 fully saturated rings. The standard InChI is InChI=1S/C26H20N2O4S/c1-17-10-13-19(14-11-17)33(30,31)28-23-8-4-2-7-22(23)26(29)27-18-12-15-21-20-6-3-5-9-24(20)32-25(21)16-18/h2-16,28H,1H3,(H,27,29). The van der Waals surface area contributed by atoms with Gasteiger partial charge in [0.1, 0.15) is 11.2 Å². The van der Waals surface area contributed by atoms with Crippen molar-refractivity contribution >= 4 is 49.2 Å². The summed E-state index contributed by atoms with van der Waals surface area (Å²) in [4.78, 5) is 13.2. The first-order valence-electron chi connectivity index (χ1n) is 10.3. The first-order chi connectivity index (χ1) is 15.9. The number of amides is 1. The van der Waals surface area contributed by atoms with Crippen molar-refractivity contribution in [3.8, 4) is 0 Å². The number of sulfonamides is 1. The van der Waals surface area contributed by atoms with Crippen molar-refractivity contribution in [2.45, 2.75) is 11.8 Å². The molecule has 0 aliphatic heterocycles. The number of hydrogen-bond donors (Lipinski definition) is 2. The predicted octanol–water partition coefficient (Wildman–Crippen LogP) is 5.95. The lowest BCUT2D eigenvalue weighted by molar-refractivity contribution is 0.102. The monoisotopic (exact) mass is 456 g/mol. The normalized spacial score (nSPS) is 11.5. The highest BCUT2D eigenvalue weighted by molar-refractivity contribution is 7.92. The van der Waals surface area contributed by atoms with E-state index in [1.807, 2.05) is 37.3 Å². The summed E-state index contributed by atoms with van der Waals surface area (Å²) in [6.45, 7) is 1.88. The van der Waals surface area contributed by atoms with Crippen LogP contribution in [0.25, 0.3) is 21.9 Å². The maximum atomic E-state index is 13.0. The van der Waals surface area contributed by atoms with E-state index in [2.05, 4.69) is 10.0 Å². The fourth-order valence-corrected chi connectivity index (χ4v) is 4.77. The van der Waals surface area contributed by atoms with Crippen molar-refractivity contribution in [2.24, 2.45) is 0 Å². The molecule has 7 heteroatoms. The third kappa shape index (κ3) is 4.06. The fourth-order valence-electron chi connectivity index (χ4n) is 3.69. The largest absolute Gasteiger partial charge is 0.456 e. The molecule has 5 rings (SSSR count). The zero-order chi connectivity index (χ0) is 23.0. The van der Waals surface area contributed by atoms with Crippen LogP contribution in [0.15, 0.2) is 100 Å². The number of aryl methyl sites for hydroxylation is 1. The first-order valence-corrected chi connectivity index (χ1v) is 11.8. The lowest BCUT2D eigenvalue weighted by Crippen LogP contribution is -2.18. The molecule has 1 heterocycles. The number of anilines is 2. The summed E-state index contributed by atoms with van der Waals surface area (Å²) < 4.78 is 34.1. The molecule has 2 N–H and O–H groups in total. The van der Waals surface area contributed by atoms with Gasteiger partial charge in [0, 0.05) is 22.5 Å². The molecule has 164 valence electrons. The van der Waals surface area contributed by atoms with Gasteiger partial charge in [-0.05, 0) is 49.4 Å². The minimum atomic E-state index is -3.85. The van der Waals surface area contributed by atoms with Crippen LogP contribution in [0.1, 0.15) is 15.9 Å². The van der Waals surface area contributed by atoms with Crippen LogP contribution in [0, 0.1) is 6.92 Å². The minimum Gasteiger partial charge on any atom is -0.456 e. The zero-order valence-electron chi connectivity index (χ0n) is 17.7. The summed E-state index contributed by atoms with van der Waals surface area (Å²) in [7, 11) is -3.85. The van der Waals surface area contributed by atoms with Crippen molar-refractivity contribution in [2.75, 3.05) is 10.0 Å². The molecule has 0 spiro atoms. The molecular formula is C26H20N2O4S. The van der Waals surface area contributed by atoms with Gasteiger partial charge in [-0.1, -0.05) is 48.0 Å². The van der Waals surface area contributed by atoms with Gasteiger partial charge in [0.25, 0.3) is 15.9 Å². The quantitative estimate of drug-likeness (QED) is 0.342. The Bertz CT molecular complexity index is 1600. The number of fused-ring (bicyclic) bond motifs is 3. The Kier molecular flexibility index (Phi) is 5.11. The van der Waals surface area contributed by atoms with Gasteiger partial charge in [0.05, 0.1) is 16.1 Å². The van der Waals surface area contributed by atoms with Crippen LogP contribution < -0.4 is 10.0 Å². The number of carbonyl (C=O) groups excluding carboxylic acids is 1. The third-order valence-electron chi connectivity index (χ3n) is 5.38. The molecule has 5 aromatic rings. The highest BCUT2D eigenvalue weighted by Crippen LogP contribution is 2.30. The summed E-state index contributed by atoms with van der Waals surface area (Å²) in [6, 6.07) is 26.2. The van der Waals surface area contributed by atoms with E-state index < -0.39 is 15.9 Å². The van der Waals surface area contributed by atoms with Gasteiger partial charge in [0.15, 0.2) is 0 Å². The molecule has 33 heavy (non-hydrogen) atoms. The second kappa shape index (κ2) is 8.11. The fraction of sp³-hybridized carbons (Fsp3) is 0.0385. The zero-order valence-corrected chi connectivity index (χ0v) is 18.5. The topological polar surface area (TPSA) is 88.4 Å². The van der Waals surface area contributed by atoms with Crippen LogP contribution in [-0.4, -0.2) is 14.3 Å². The number of benzene rings is 4. The summed E-state index contributed by atoms with van der Waals surface area (Å²) in [5, 5.41) is 4.79. The smallest absolute Gasteiger partial charge is 0.261 e. The van der Waals surface area contributed by atoms with E-state index in [9.17, 15) is 13.2 Å². The van der Waals surface area contributed by atoms with Gasteiger partial charge in [-0.25, -0.2) is 8.42 Å². The van der Waals surface area contributed by atoms with Crippen LogP contribution in [0.3, 0.4) is 0 Å². The molecule has 0 unspecified atom stereocenters. The Morgan fingerprint density at radius 1 is 0.788 bits per heavy atom. The molecule has 0 saturated carbocycles. The lowest BCUT2D eigenvalue weighted by atomic mass is 10.1. The number of furan rings is 1. The van der Waals surface area contributed by atoms with Crippen molar-refractivity contribution in [1.29, 1.82) is 0 Å². The van der Waals surface area contributed by atoms with Gasteiger partial charge in [0.2, 0.25) is 0 Å². The van der Waals surface area contributed by atoms with Gasteiger partial charge in [-0.15, -0.1) is 0 Å². The van der Waals surface area contributed by atoms with Gasteiger partial charge in [-0.2, -0.15) is 0 Å². The maximum absolute atomic E-state index is 13.0. The molecule has 4 aromatic carbocycles. The second-order valence-corrected chi connectivity index (χ2v) is 9.41. The predicted molar refractivity (Wildman–Crippen MR) is 130 cm³/mol. The molecule has 0 radical (unpaired) electrons. The van der Waals surface area contributed by atoms with Crippen LogP contribution in [0.4, 0.5) is 11.4 Å². The maximum Gasteiger partial charge on any atom is 0.261 e. The van der Waals surface area contributed by atoms with Crippen LogP contribution in [-0.2, 0) is 10.0 Å². The Morgan fingerprint density at radius 3 is 2.30 bits per heavy atom. The van der Waals surface area contributed by atoms with Gasteiger partial charge in [-0.3, -0.25) is 9.52 Å². The Hall–Kier alpha value is -4.10.